The molecule has 0 heterocycles. The van der Waals surface area contributed by atoms with Gasteiger partial charge in [-0.25, -0.2) is 4.79 Å². The lowest BCUT2D eigenvalue weighted by molar-refractivity contribution is 0.0734. The van der Waals surface area contributed by atoms with E-state index >= 15 is 0 Å². The van der Waals surface area contributed by atoms with E-state index in [-0.39, 0.29) is 5.97 Å². The van der Waals surface area contributed by atoms with Gasteiger partial charge in [-0.2, -0.15) is 0 Å². The van der Waals surface area contributed by atoms with Crippen molar-refractivity contribution in [1.29, 1.82) is 0 Å². The van der Waals surface area contributed by atoms with Crippen molar-refractivity contribution in [2.45, 2.75) is 111 Å². The van der Waals surface area contributed by atoms with Gasteiger partial charge in [0.15, 0.2) is 0 Å². The molecule has 35 heavy (non-hydrogen) atoms. The van der Waals surface area contributed by atoms with Crippen LogP contribution in [0.25, 0.3) is 0 Å². The lowest BCUT2D eigenvalue weighted by Crippen LogP contribution is -2.08. The van der Waals surface area contributed by atoms with Gasteiger partial charge in [-0.3, -0.25) is 0 Å². The third-order valence-electron chi connectivity index (χ3n) is 6.70. The molecule has 0 bridgehead atoms. The summed E-state index contributed by atoms with van der Waals surface area (Å²) in [6.07, 6.45) is 17.7. The second kappa shape index (κ2) is 18.0. The number of hydrogen-bond donors (Lipinski definition) is 0. The minimum atomic E-state index is -0.321. The van der Waals surface area contributed by atoms with Crippen LogP contribution in [0.2, 0.25) is 0 Å². The Morgan fingerprint density at radius 2 is 1.26 bits per heavy atom. The van der Waals surface area contributed by atoms with Crippen LogP contribution in [0.3, 0.4) is 0 Å². The molecule has 0 aromatic heterocycles. The first-order chi connectivity index (χ1) is 17.1. The summed E-state index contributed by atoms with van der Waals surface area (Å²) in [5, 5.41) is 0. The number of aryl methyl sites for hydroxylation is 1. The molecule has 0 saturated carbocycles. The van der Waals surface area contributed by atoms with Gasteiger partial charge in [0.05, 0.1) is 12.2 Å². The first kappa shape index (κ1) is 28.9. The lowest BCUT2D eigenvalue weighted by atomic mass is 9.96. The minimum absolute atomic E-state index is 0.321. The van der Waals surface area contributed by atoms with E-state index in [2.05, 4.69) is 32.9 Å². The van der Waals surface area contributed by atoms with E-state index in [4.69, 9.17) is 9.47 Å². The first-order valence-electron chi connectivity index (χ1n) is 14.2. The number of esters is 1. The zero-order valence-electron chi connectivity index (χ0n) is 22.5. The average Bonchev–Trinajstić information content (AvgIpc) is 2.87. The van der Waals surface area contributed by atoms with E-state index < -0.39 is 0 Å². The molecule has 2 aromatic carbocycles. The molecule has 3 heteroatoms. The largest absolute Gasteiger partial charge is 0.494 e. The fourth-order valence-electron chi connectivity index (χ4n) is 4.36. The number of ether oxygens (including phenoxy) is 2. The smallest absolute Gasteiger partial charge is 0.343 e. The molecule has 0 amide bonds. The van der Waals surface area contributed by atoms with Crippen LogP contribution in [0.1, 0.15) is 120 Å². The zero-order valence-corrected chi connectivity index (χ0v) is 22.5. The molecule has 2 rings (SSSR count). The van der Waals surface area contributed by atoms with Crippen LogP contribution < -0.4 is 9.47 Å². The Bertz CT molecular complexity index is 795. The Labute approximate surface area is 214 Å². The highest BCUT2D eigenvalue weighted by Gasteiger charge is 2.09. The summed E-state index contributed by atoms with van der Waals surface area (Å²) in [5.41, 5.74) is 1.87. The Kier molecular flexibility index (Phi) is 14.9. The van der Waals surface area contributed by atoms with Gasteiger partial charge in [-0.05, 0) is 67.1 Å². The van der Waals surface area contributed by atoms with E-state index in [0.29, 0.717) is 11.3 Å². The van der Waals surface area contributed by atoms with Gasteiger partial charge in [0.1, 0.15) is 11.5 Å². The highest BCUT2D eigenvalue weighted by molar-refractivity contribution is 5.91. The summed E-state index contributed by atoms with van der Waals surface area (Å²) in [7, 11) is 0. The fraction of sp³-hybridized carbons (Fsp3) is 0.594. The van der Waals surface area contributed by atoms with Crippen molar-refractivity contribution in [3.8, 4) is 11.5 Å². The van der Waals surface area contributed by atoms with Gasteiger partial charge in [0.2, 0.25) is 0 Å². The van der Waals surface area contributed by atoms with E-state index in [0.717, 1.165) is 31.1 Å². The van der Waals surface area contributed by atoms with Crippen LogP contribution >= 0.6 is 0 Å². The Morgan fingerprint density at radius 1 is 0.686 bits per heavy atom. The van der Waals surface area contributed by atoms with Crippen molar-refractivity contribution in [3.63, 3.8) is 0 Å². The lowest BCUT2D eigenvalue weighted by Gasteiger charge is -2.11. The maximum atomic E-state index is 12.5. The van der Waals surface area contributed by atoms with Gasteiger partial charge in [0, 0.05) is 0 Å². The van der Waals surface area contributed by atoms with Crippen LogP contribution in [0.5, 0.6) is 11.5 Å². The molecule has 2 aromatic rings. The minimum Gasteiger partial charge on any atom is -0.494 e. The normalized spacial score (nSPS) is 11.9. The summed E-state index contributed by atoms with van der Waals surface area (Å²) in [4.78, 5) is 12.5. The van der Waals surface area contributed by atoms with Gasteiger partial charge >= 0.3 is 5.97 Å². The van der Waals surface area contributed by atoms with Crippen LogP contribution in [-0.4, -0.2) is 12.6 Å². The topological polar surface area (TPSA) is 35.5 Å². The number of unbranched alkanes of at least 4 members (excludes halogenated alkanes) is 8. The maximum Gasteiger partial charge on any atom is 0.343 e. The molecule has 0 aliphatic carbocycles. The summed E-state index contributed by atoms with van der Waals surface area (Å²) >= 11 is 0. The van der Waals surface area contributed by atoms with E-state index in [9.17, 15) is 4.79 Å². The summed E-state index contributed by atoms with van der Waals surface area (Å²) in [6, 6.07) is 15.2. The Hall–Kier alpha value is -2.29. The number of hydrogen-bond acceptors (Lipinski definition) is 3. The molecule has 1 unspecified atom stereocenters. The van der Waals surface area contributed by atoms with Crippen LogP contribution in [0, 0.1) is 5.92 Å². The summed E-state index contributed by atoms with van der Waals surface area (Å²) in [5.74, 6) is 1.87. The molecule has 194 valence electrons. The SMILES string of the molecule is CCCCCCCCOc1ccc(OC(=O)c2ccc(CCCCC(C)CCCCC)cc2)cc1. The predicted molar refractivity (Wildman–Crippen MR) is 148 cm³/mol. The Balaban J connectivity index is 1.65. The van der Waals surface area contributed by atoms with Crippen LogP contribution in [0.4, 0.5) is 0 Å². The van der Waals surface area contributed by atoms with E-state index in [1.54, 1.807) is 12.1 Å². The molecule has 3 nitrogen and oxygen atoms in total. The van der Waals surface area contributed by atoms with Crippen molar-refractivity contribution in [1.82, 2.24) is 0 Å². The third kappa shape index (κ3) is 12.8. The summed E-state index contributed by atoms with van der Waals surface area (Å²) in [6.45, 7) is 7.61. The standard InChI is InChI=1S/C32H48O3/c1-4-6-8-9-10-14-26-34-30-22-24-31(25-23-30)35-32(33)29-20-18-28(19-21-29)17-13-12-16-27(3)15-11-7-5-2/h18-25,27H,4-17,26H2,1-3H3. The molecule has 0 aliphatic rings. The van der Waals surface area contributed by atoms with Crippen molar-refractivity contribution in [2.75, 3.05) is 6.61 Å². The molecule has 0 fully saturated rings. The molecule has 0 radical (unpaired) electrons. The third-order valence-corrected chi connectivity index (χ3v) is 6.70. The number of benzene rings is 2. The number of carbonyl (C=O) groups excluding carboxylic acids is 1. The molecular formula is C32H48O3. The molecular weight excluding hydrogens is 432 g/mol. The molecule has 0 aliphatic heterocycles. The van der Waals surface area contributed by atoms with Gasteiger partial charge in [-0.15, -0.1) is 0 Å². The molecule has 0 spiro atoms. The Morgan fingerprint density at radius 3 is 1.94 bits per heavy atom. The van der Waals surface area contributed by atoms with Crippen molar-refractivity contribution < 1.29 is 14.3 Å². The molecule has 1 atom stereocenters. The zero-order chi connectivity index (χ0) is 25.1. The molecule has 0 N–H and O–H groups in total. The second-order valence-corrected chi connectivity index (χ2v) is 10.0. The van der Waals surface area contributed by atoms with Crippen molar-refractivity contribution in [3.05, 3.63) is 59.7 Å². The highest BCUT2D eigenvalue weighted by atomic mass is 16.5. The fourth-order valence-corrected chi connectivity index (χ4v) is 4.36. The van der Waals surface area contributed by atoms with E-state index in [1.165, 1.54) is 82.6 Å². The summed E-state index contributed by atoms with van der Waals surface area (Å²) < 4.78 is 11.4. The predicted octanol–water partition coefficient (Wildman–Crippen LogP) is 9.57. The van der Waals surface area contributed by atoms with Gasteiger partial charge in [-0.1, -0.05) is 104 Å². The van der Waals surface area contributed by atoms with Gasteiger partial charge in [0.25, 0.3) is 0 Å². The average molecular weight is 481 g/mol. The monoisotopic (exact) mass is 480 g/mol. The van der Waals surface area contributed by atoms with Crippen molar-refractivity contribution >= 4 is 5.97 Å². The number of carbonyl (C=O) groups is 1. The second-order valence-electron chi connectivity index (χ2n) is 10.0. The maximum absolute atomic E-state index is 12.5. The quantitative estimate of drug-likeness (QED) is 0.114. The number of rotatable bonds is 19. The van der Waals surface area contributed by atoms with Crippen LogP contribution in [0.15, 0.2) is 48.5 Å². The molecule has 0 saturated heterocycles. The first-order valence-corrected chi connectivity index (χ1v) is 14.2. The van der Waals surface area contributed by atoms with Crippen molar-refractivity contribution in [2.24, 2.45) is 5.92 Å². The van der Waals surface area contributed by atoms with Gasteiger partial charge < -0.3 is 9.47 Å². The van der Waals surface area contributed by atoms with E-state index in [1.807, 2.05) is 24.3 Å². The van der Waals surface area contributed by atoms with Crippen LogP contribution in [-0.2, 0) is 6.42 Å². The highest BCUT2D eigenvalue weighted by Crippen LogP contribution is 2.20.